The van der Waals surface area contributed by atoms with Crippen molar-refractivity contribution in [3.63, 3.8) is 0 Å². The smallest absolute Gasteiger partial charge is 0.288 e. The lowest BCUT2D eigenvalue weighted by Gasteiger charge is -2.13. The van der Waals surface area contributed by atoms with Crippen LogP contribution in [0, 0.1) is 6.92 Å². The Balaban J connectivity index is 1.44. The zero-order valence-electron chi connectivity index (χ0n) is 16.8. The van der Waals surface area contributed by atoms with Gasteiger partial charge in [-0.1, -0.05) is 42.1 Å². The van der Waals surface area contributed by atoms with Gasteiger partial charge in [0, 0.05) is 36.5 Å². The molecule has 1 fully saturated rings. The molecule has 1 saturated heterocycles. The number of hydrogen-bond acceptors (Lipinski definition) is 7. The van der Waals surface area contributed by atoms with Crippen molar-refractivity contribution in [2.75, 3.05) is 18.8 Å². The van der Waals surface area contributed by atoms with E-state index < -0.39 is 0 Å². The number of aryl methyl sites for hydroxylation is 2. The van der Waals surface area contributed by atoms with E-state index in [-0.39, 0.29) is 54.4 Å². The number of nitrogens with one attached hydrogen (secondary N) is 1. The summed E-state index contributed by atoms with van der Waals surface area (Å²) in [6, 6.07) is 9.72. The molecule has 2 aromatic heterocycles. The monoisotopic (exact) mass is 456 g/mol. The summed E-state index contributed by atoms with van der Waals surface area (Å²) in [6.45, 7) is 2.50. The topological polar surface area (TPSA) is 101 Å². The Morgan fingerprint density at radius 1 is 1.16 bits per heavy atom. The minimum absolute atomic E-state index is 0.0908. The van der Waals surface area contributed by atoms with E-state index in [1.807, 2.05) is 37.3 Å². The summed E-state index contributed by atoms with van der Waals surface area (Å²) in [5.41, 5.74) is 1.67. The highest BCUT2D eigenvalue weighted by molar-refractivity contribution is 8.14. The van der Waals surface area contributed by atoms with Crippen molar-refractivity contribution in [2.24, 2.45) is 0 Å². The molecule has 0 saturated carbocycles. The molecule has 0 atom stereocenters. The Bertz CT molecular complexity index is 1200. The van der Waals surface area contributed by atoms with Crippen LogP contribution >= 0.6 is 23.1 Å². The third kappa shape index (κ3) is 4.40. The molecule has 10 heteroatoms. The first-order valence-electron chi connectivity index (χ1n) is 9.73. The number of rotatable bonds is 7. The number of carbonyl (C=O) groups excluding carboxylic acids is 3. The van der Waals surface area contributed by atoms with Crippen molar-refractivity contribution >= 4 is 50.4 Å². The minimum Gasteiger partial charge on any atom is -0.354 e. The highest BCUT2D eigenvalue weighted by atomic mass is 32.2. The number of thioether (sulfide) groups is 1. The van der Waals surface area contributed by atoms with Gasteiger partial charge in [0.05, 0.1) is 17.5 Å². The highest BCUT2D eigenvalue weighted by Crippen LogP contribution is 2.35. The number of hydrogen-bond donors (Lipinski definition) is 1. The lowest BCUT2D eigenvalue weighted by Crippen LogP contribution is -2.37. The molecule has 0 spiro atoms. The van der Waals surface area contributed by atoms with E-state index >= 15 is 0 Å². The van der Waals surface area contributed by atoms with Gasteiger partial charge in [-0.3, -0.25) is 28.6 Å². The number of nitrogens with zero attached hydrogens (tertiary/aromatic N) is 3. The van der Waals surface area contributed by atoms with Gasteiger partial charge in [0.25, 0.3) is 10.8 Å². The molecule has 1 aliphatic heterocycles. The summed E-state index contributed by atoms with van der Waals surface area (Å²) >= 11 is 2.44. The van der Waals surface area contributed by atoms with Gasteiger partial charge in [-0.25, -0.2) is 4.98 Å². The predicted molar refractivity (Wildman–Crippen MR) is 121 cm³/mol. The van der Waals surface area contributed by atoms with Crippen LogP contribution in [-0.4, -0.2) is 50.3 Å². The van der Waals surface area contributed by atoms with Gasteiger partial charge in [0.1, 0.15) is 4.83 Å². The summed E-state index contributed by atoms with van der Waals surface area (Å²) in [7, 11) is 0. The van der Waals surface area contributed by atoms with Gasteiger partial charge >= 0.3 is 0 Å². The van der Waals surface area contributed by atoms with Crippen LogP contribution in [0.25, 0.3) is 21.3 Å². The number of benzene rings is 1. The molecule has 3 amide bonds. The number of fused-ring (bicyclic) bond motifs is 1. The quantitative estimate of drug-likeness (QED) is 0.587. The van der Waals surface area contributed by atoms with E-state index in [0.29, 0.717) is 10.2 Å². The van der Waals surface area contributed by atoms with E-state index in [0.717, 1.165) is 32.7 Å². The lowest BCUT2D eigenvalue weighted by molar-refractivity contribution is -0.125. The molecule has 3 aromatic rings. The molecular formula is C21H20N4O4S2. The van der Waals surface area contributed by atoms with Gasteiger partial charge < -0.3 is 5.32 Å². The van der Waals surface area contributed by atoms with Crippen LogP contribution < -0.4 is 10.9 Å². The van der Waals surface area contributed by atoms with Crippen molar-refractivity contribution in [1.29, 1.82) is 0 Å². The Morgan fingerprint density at radius 2 is 1.94 bits per heavy atom. The first kappa shape index (κ1) is 21.3. The number of amides is 3. The molecule has 0 radical (unpaired) electrons. The second kappa shape index (κ2) is 9.03. The van der Waals surface area contributed by atoms with Crippen LogP contribution in [-0.2, 0) is 16.1 Å². The molecule has 0 unspecified atom stereocenters. The van der Waals surface area contributed by atoms with Crippen LogP contribution in [0.3, 0.4) is 0 Å². The number of imide groups is 1. The fraction of sp³-hybridized carbons (Fsp3) is 0.286. The summed E-state index contributed by atoms with van der Waals surface area (Å²) < 4.78 is 1.45. The Labute approximate surface area is 186 Å². The maximum Gasteiger partial charge on any atom is 0.288 e. The standard InChI is InChI=1S/C21H20N4O4S2/c1-13-17(14-5-3-2-4-6-14)18-19(31-13)23-12-24(20(18)28)9-7-15(26)22-8-10-25-16(27)11-30-21(25)29/h2-6,12H,7-11H2,1H3,(H,22,26). The zero-order valence-corrected chi connectivity index (χ0v) is 18.4. The number of aromatic nitrogens is 2. The van der Waals surface area contributed by atoms with E-state index in [1.165, 1.54) is 22.2 Å². The molecule has 3 heterocycles. The zero-order chi connectivity index (χ0) is 22.0. The van der Waals surface area contributed by atoms with Crippen molar-refractivity contribution in [1.82, 2.24) is 19.8 Å². The second-order valence-electron chi connectivity index (χ2n) is 7.02. The molecule has 160 valence electrons. The maximum absolute atomic E-state index is 13.1. The van der Waals surface area contributed by atoms with Crippen molar-refractivity contribution < 1.29 is 14.4 Å². The van der Waals surface area contributed by atoms with Crippen molar-refractivity contribution in [2.45, 2.75) is 19.9 Å². The normalized spacial score (nSPS) is 13.9. The van der Waals surface area contributed by atoms with Gasteiger partial charge in [-0.2, -0.15) is 0 Å². The summed E-state index contributed by atoms with van der Waals surface area (Å²) in [5.74, 6) is -0.350. The van der Waals surface area contributed by atoms with Crippen LogP contribution in [0.1, 0.15) is 11.3 Å². The molecular weight excluding hydrogens is 436 g/mol. The van der Waals surface area contributed by atoms with Gasteiger partial charge in [0.2, 0.25) is 11.8 Å². The summed E-state index contributed by atoms with van der Waals surface area (Å²) in [5, 5.41) is 2.97. The first-order chi connectivity index (χ1) is 15.0. The predicted octanol–water partition coefficient (Wildman–Crippen LogP) is 2.64. The second-order valence-corrected chi connectivity index (χ2v) is 9.15. The maximum atomic E-state index is 13.1. The molecule has 31 heavy (non-hydrogen) atoms. The number of carbonyl (C=O) groups is 3. The van der Waals surface area contributed by atoms with Crippen molar-refractivity contribution in [3.8, 4) is 11.1 Å². The third-order valence-corrected chi connectivity index (χ3v) is 6.87. The fourth-order valence-electron chi connectivity index (χ4n) is 3.46. The first-order valence-corrected chi connectivity index (χ1v) is 11.5. The third-order valence-electron chi connectivity index (χ3n) is 5.00. The molecule has 1 N–H and O–H groups in total. The largest absolute Gasteiger partial charge is 0.354 e. The van der Waals surface area contributed by atoms with Gasteiger partial charge in [-0.15, -0.1) is 11.3 Å². The Hall–Kier alpha value is -2.98. The molecule has 1 aromatic carbocycles. The number of thiophene rings is 1. The van der Waals surface area contributed by atoms with E-state index in [4.69, 9.17) is 0 Å². The Morgan fingerprint density at radius 3 is 2.65 bits per heavy atom. The molecule has 0 aliphatic carbocycles. The van der Waals surface area contributed by atoms with Crippen LogP contribution in [0.4, 0.5) is 4.79 Å². The molecule has 1 aliphatic rings. The fourth-order valence-corrected chi connectivity index (χ4v) is 5.22. The van der Waals surface area contributed by atoms with Crippen LogP contribution in [0.15, 0.2) is 41.5 Å². The lowest BCUT2D eigenvalue weighted by atomic mass is 10.0. The highest BCUT2D eigenvalue weighted by Gasteiger charge is 2.29. The Kier molecular flexibility index (Phi) is 6.19. The molecule has 0 bridgehead atoms. The molecule has 4 rings (SSSR count). The minimum atomic E-state index is -0.287. The van der Waals surface area contributed by atoms with E-state index in [1.54, 1.807) is 0 Å². The summed E-state index contributed by atoms with van der Waals surface area (Å²) in [4.78, 5) is 55.7. The van der Waals surface area contributed by atoms with Gasteiger partial charge in [-0.05, 0) is 12.5 Å². The van der Waals surface area contributed by atoms with E-state index in [9.17, 15) is 19.2 Å². The molecule has 8 nitrogen and oxygen atoms in total. The summed E-state index contributed by atoms with van der Waals surface area (Å²) in [6.07, 6.45) is 1.56. The van der Waals surface area contributed by atoms with E-state index in [2.05, 4.69) is 10.3 Å². The average Bonchev–Trinajstić information content (AvgIpc) is 3.27. The van der Waals surface area contributed by atoms with Gasteiger partial charge in [0.15, 0.2) is 0 Å². The van der Waals surface area contributed by atoms with Crippen LogP contribution in [0.2, 0.25) is 0 Å². The van der Waals surface area contributed by atoms with Crippen LogP contribution in [0.5, 0.6) is 0 Å². The SMILES string of the molecule is Cc1sc2ncn(CCC(=O)NCCN3C(=O)CSC3=O)c(=O)c2c1-c1ccccc1. The van der Waals surface area contributed by atoms with Crippen molar-refractivity contribution in [3.05, 3.63) is 51.9 Å². The average molecular weight is 457 g/mol.